The number of ether oxygens (including phenoxy) is 2. The second-order valence-electron chi connectivity index (χ2n) is 6.18. The average Bonchev–Trinajstić information content (AvgIpc) is 3.10. The third-order valence-corrected chi connectivity index (χ3v) is 4.63. The molecule has 0 spiro atoms. The third kappa shape index (κ3) is 2.92. The van der Waals surface area contributed by atoms with E-state index in [-0.39, 0.29) is 11.6 Å². The summed E-state index contributed by atoms with van der Waals surface area (Å²) in [6.07, 6.45) is 1.61. The lowest BCUT2D eigenvalue weighted by molar-refractivity contribution is 0.0730. The van der Waals surface area contributed by atoms with E-state index < -0.39 is 17.5 Å². The maximum absolute atomic E-state index is 14.0. The first-order valence-corrected chi connectivity index (χ1v) is 8.29. The summed E-state index contributed by atoms with van der Waals surface area (Å²) in [6, 6.07) is 8.51. The molecule has 1 fully saturated rings. The molecule has 130 valence electrons. The van der Waals surface area contributed by atoms with Crippen molar-refractivity contribution in [3.63, 3.8) is 0 Å². The standard InChI is InChI=1S/C19H17F2NO3/c20-13-4-5-14(15(21)11-13)19(23)22-7-1-2-16(22)12-3-6-17-18(10-12)25-9-8-24-17/h3-6,10-11,16H,1-2,7-9H2/t16-/m1/s1. The van der Waals surface area contributed by atoms with E-state index in [0.29, 0.717) is 31.3 Å². The van der Waals surface area contributed by atoms with Crippen molar-refractivity contribution in [2.24, 2.45) is 0 Å². The number of halogens is 2. The predicted molar refractivity (Wildman–Crippen MR) is 86.8 cm³/mol. The van der Waals surface area contributed by atoms with Crippen molar-refractivity contribution < 1.29 is 23.0 Å². The van der Waals surface area contributed by atoms with E-state index in [2.05, 4.69) is 0 Å². The molecular weight excluding hydrogens is 328 g/mol. The molecule has 0 aliphatic carbocycles. The number of amides is 1. The Morgan fingerprint density at radius 3 is 2.64 bits per heavy atom. The van der Waals surface area contributed by atoms with Gasteiger partial charge in [0.2, 0.25) is 0 Å². The normalized spacial score (nSPS) is 19.1. The first-order valence-electron chi connectivity index (χ1n) is 8.29. The number of benzene rings is 2. The first-order chi connectivity index (χ1) is 12.1. The Hall–Kier alpha value is -2.63. The van der Waals surface area contributed by atoms with Gasteiger partial charge in [-0.2, -0.15) is 0 Å². The van der Waals surface area contributed by atoms with Gasteiger partial charge in [0.25, 0.3) is 5.91 Å². The first kappa shape index (κ1) is 15.9. The van der Waals surface area contributed by atoms with E-state index >= 15 is 0 Å². The summed E-state index contributed by atoms with van der Waals surface area (Å²) in [5.74, 6) is -0.599. The SMILES string of the molecule is O=C(c1ccc(F)cc1F)N1CCC[C@@H]1c1ccc2c(c1)OCCO2. The monoisotopic (exact) mass is 345 g/mol. The minimum atomic E-state index is -0.835. The van der Waals surface area contributed by atoms with Gasteiger partial charge in [0.1, 0.15) is 24.8 Å². The number of hydrogen-bond donors (Lipinski definition) is 0. The largest absolute Gasteiger partial charge is 0.486 e. The molecule has 2 aromatic carbocycles. The number of carbonyl (C=O) groups is 1. The molecule has 4 rings (SSSR count). The Bertz CT molecular complexity index is 824. The summed E-state index contributed by atoms with van der Waals surface area (Å²) in [4.78, 5) is 14.4. The molecule has 2 aliphatic heterocycles. The molecule has 2 aliphatic rings. The zero-order valence-electron chi connectivity index (χ0n) is 13.5. The number of nitrogens with zero attached hydrogens (tertiary/aromatic N) is 1. The van der Waals surface area contributed by atoms with Gasteiger partial charge in [0.05, 0.1) is 11.6 Å². The van der Waals surface area contributed by atoms with E-state index in [1.807, 2.05) is 18.2 Å². The number of rotatable bonds is 2. The van der Waals surface area contributed by atoms with E-state index in [4.69, 9.17) is 9.47 Å². The van der Waals surface area contributed by atoms with Crippen LogP contribution in [0.4, 0.5) is 8.78 Å². The van der Waals surface area contributed by atoms with Crippen LogP contribution in [0.25, 0.3) is 0 Å². The Labute approximate surface area is 144 Å². The van der Waals surface area contributed by atoms with Crippen molar-refractivity contribution in [2.45, 2.75) is 18.9 Å². The third-order valence-electron chi connectivity index (χ3n) is 4.63. The van der Waals surface area contributed by atoms with Crippen LogP contribution in [-0.2, 0) is 0 Å². The van der Waals surface area contributed by atoms with Crippen LogP contribution in [0.3, 0.4) is 0 Å². The summed E-state index contributed by atoms with van der Waals surface area (Å²) in [5, 5.41) is 0. The summed E-state index contributed by atoms with van der Waals surface area (Å²) >= 11 is 0. The Morgan fingerprint density at radius 2 is 1.84 bits per heavy atom. The average molecular weight is 345 g/mol. The van der Waals surface area contributed by atoms with Gasteiger partial charge < -0.3 is 14.4 Å². The fourth-order valence-electron chi connectivity index (χ4n) is 3.44. The fourth-order valence-corrected chi connectivity index (χ4v) is 3.44. The molecule has 25 heavy (non-hydrogen) atoms. The van der Waals surface area contributed by atoms with Crippen LogP contribution in [0.5, 0.6) is 11.5 Å². The van der Waals surface area contributed by atoms with Crippen LogP contribution < -0.4 is 9.47 Å². The van der Waals surface area contributed by atoms with Crippen LogP contribution >= 0.6 is 0 Å². The number of likely N-dealkylation sites (tertiary alicyclic amines) is 1. The second-order valence-corrected chi connectivity index (χ2v) is 6.18. The van der Waals surface area contributed by atoms with Gasteiger partial charge in [0.15, 0.2) is 11.5 Å². The number of fused-ring (bicyclic) bond motifs is 1. The van der Waals surface area contributed by atoms with Gasteiger partial charge in [0, 0.05) is 12.6 Å². The lowest BCUT2D eigenvalue weighted by Gasteiger charge is -2.27. The number of carbonyl (C=O) groups excluding carboxylic acids is 1. The molecule has 0 saturated carbocycles. The summed E-state index contributed by atoms with van der Waals surface area (Å²) < 4.78 is 38.2. The Morgan fingerprint density at radius 1 is 1.04 bits per heavy atom. The van der Waals surface area contributed by atoms with Crippen LogP contribution in [0, 0.1) is 11.6 Å². The van der Waals surface area contributed by atoms with Gasteiger partial charge in [-0.1, -0.05) is 6.07 Å². The van der Waals surface area contributed by atoms with Crippen LogP contribution in [-0.4, -0.2) is 30.6 Å². The van der Waals surface area contributed by atoms with Gasteiger partial charge in [-0.25, -0.2) is 8.78 Å². The Kier molecular flexibility index (Phi) is 4.03. The zero-order valence-corrected chi connectivity index (χ0v) is 13.5. The number of hydrogen-bond acceptors (Lipinski definition) is 3. The summed E-state index contributed by atoms with van der Waals surface area (Å²) in [7, 11) is 0. The predicted octanol–water partition coefficient (Wildman–Crippen LogP) is 3.71. The van der Waals surface area contributed by atoms with Crippen LogP contribution in [0.2, 0.25) is 0 Å². The van der Waals surface area contributed by atoms with E-state index in [9.17, 15) is 13.6 Å². The molecule has 1 amide bonds. The molecule has 4 nitrogen and oxygen atoms in total. The highest BCUT2D eigenvalue weighted by molar-refractivity contribution is 5.95. The molecule has 1 atom stereocenters. The smallest absolute Gasteiger partial charge is 0.257 e. The molecule has 1 saturated heterocycles. The van der Waals surface area contributed by atoms with Gasteiger partial charge in [-0.05, 0) is 42.7 Å². The lowest BCUT2D eigenvalue weighted by atomic mass is 10.0. The van der Waals surface area contributed by atoms with Crippen molar-refractivity contribution in [2.75, 3.05) is 19.8 Å². The topological polar surface area (TPSA) is 38.8 Å². The van der Waals surface area contributed by atoms with E-state index in [1.165, 1.54) is 6.07 Å². The molecule has 0 N–H and O–H groups in total. The molecule has 2 heterocycles. The maximum Gasteiger partial charge on any atom is 0.257 e. The zero-order chi connectivity index (χ0) is 17.4. The fraction of sp³-hybridized carbons (Fsp3) is 0.316. The highest BCUT2D eigenvalue weighted by atomic mass is 19.1. The van der Waals surface area contributed by atoms with Crippen molar-refractivity contribution >= 4 is 5.91 Å². The quantitative estimate of drug-likeness (QED) is 0.833. The maximum atomic E-state index is 14.0. The van der Waals surface area contributed by atoms with Crippen molar-refractivity contribution in [1.29, 1.82) is 0 Å². The minimum absolute atomic E-state index is 0.106. The van der Waals surface area contributed by atoms with Crippen molar-refractivity contribution in [3.8, 4) is 11.5 Å². The van der Waals surface area contributed by atoms with Crippen LogP contribution in [0.15, 0.2) is 36.4 Å². The molecule has 0 bridgehead atoms. The van der Waals surface area contributed by atoms with E-state index in [0.717, 1.165) is 30.5 Å². The van der Waals surface area contributed by atoms with Crippen LogP contribution in [0.1, 0.15) is 34.8 Å². The van der Waals surface area contributed by atoms with Crippen molar-refractivity contribution in [3.05, 3.63) is 59.2 Å². The molecule has 6 heteroatoms. The molecule has 0 radical (unpaired) electrons. The highest BCUT2D eigenvalue weighted by Gasteiger charge is 2.32. The van der Waals surface area contributed by atoms with Gasteiger partial charge in [-0.15, -0.1) is 0 Å². The Balaban J connectivity index is 1.63. The molecular formula is C19H17F2NO3. The minimum Gasteiger partial charge on any atom is -0.486 e. The molecule has 2 aromatic rings. The van der Waals surface area contributed by atoms with Gasteiger partial charge in [-0.3, -0.25) is 4.79 Å². The lowest BCUT2D eigenvalue weighted by Crippen LogP contribution is -2.31. The summed E-state index contributed by atoms with van der Waals surface area (Å²) in [5.41, 5.74) is 0.823. The second kappa shape index (κ2) is 6.35. The highest BCUT2D eigenvalue weighted by Crippen LogP contribution is 2.38. The molecule has 0 aromatic heterocycles. The van der Waals surface area contributed by atoms with E-state index in [1.54, 1.807) is 4.90 Å². The van der Waals surface area contributed by atoms with Gasteiger partial charge >= 0.3 is 0 Å². The molecule has 0 unspecified atom stereocenters. The summed E-state index contributed by atoms with van der Waals surface area (Å²) in [6.45, 7) is 1.55. The van der Waals surface area contributed by atoms with Crippen molar-refractivity contribution in [1.82, 2.24) is 4.90 Å².